The number of aryl methyl sites for hydroxylation is 2. The molecular formula is C16H24N4O2. The molecule has 1 aliphatic heterocycles. The molecular weight excluding hydrogens is 280 g/mol. The highest BCUT2D eigenvalue weighted by atomic mass is 16.2. The van der Waals surface area contributed by atoms with Gasteiger partial charge in [-0.3, -0.25) is 14.3 Å². The lowest BCUT2D eigenvalue weighted by Crippen LogP contribution is -2.54. The molecule has 0 bridgehead atoms. The number of carbonyl (C=O) groups excluding carboxylic acids is 2. The summed E-state index contributed by atoms with van der Waals surface area (Å²) in [5.41, 5.74) is 1.47. The number of aromatic nitrogens is 2. The van der Waals surface area contributed by atoms with Crippen LogP contribution in [-0.4, -0.2) is 46.1 Å². The highest BCUT2D eigenvalue weighted by Crippen LogP contribution is 2.47. The van der Waals surface area contributed by atoms with Crippen molar-refractivity contribution >= 4 is 11.8 Å². The van der Waals surface area contributed by atoms with E-state index in [1.807, 2.05) is 25.9 Å². The van der Waals surface area contributed by atoms with E-state index in [4.69, 9.17) is 0 Å². The molecule has 2 atom stereocenters. The number of hydrogen-bond acceptors (Lipinski definition) is 3. The van der Waals surface area contributed by atoms with Crippen LogP contribution < -0.4 is 5.32 Å². The molecule has 1 aromatic rings. The van der Waals surface area contributed by atoms with Gasteiger partial charge < -0.3 is 10.2 Å². The molecule has 1 saturated carbocycles. The maximum absolute atomic E-state index is 12.3. The average Bonchev–Trinajstić information content (AvgIpc) is 3.06. The summed E-state index contributed by atoms with van der Waals surface area (Å²) in [4.78, 5) is 26.1. The second kappa shape index (κ2) is 5.41. The Balaban J connectivity index is 1.69. The van der Waals surface area contributed by atoms with E-state index in [9.17, 15) is 9.59 Å². The normalized spacial score (nSPS) is 27.9. The molecule has 22 heavy (non-hydrogen) atoms. The first kappa shape index (κ1) is 15.1. The Morgan fingerprint density at radius 3 is 2.91 bits per heavy atom. The van der Waals surface area contributed by atoms with Crippen LogP contribution in [0.2, 0.25) is 0 Å². The zero-order valence-corrected chi connectivity index (χ0v) is 13.6. The maximum atomic E-state index is 12.3. The number of likely N-dealkylation sites (tertiary alicyclic amines) is 1. The summed E-state index contributed by atoms with van der Waals surface area (Å²) in [6.45, 7) is 2.56. The Hall–Kier alpha value is -1.85. The quantitative estimate of drug-likeness (QED) is 0.914. The standard InChI is InChI=1S/C16H24N4O2/c1-11-9-12(18-20(11)3)15(22)17-10-16-7-4-5-13(16)19(2)14(21)6-8-16/h9,13H,4-8,10H2,1-3H3,(H,17,22)/t13-,16+/m1/s1. The summed E-state index contributed by atoms with van der Waals surface area (Å²) >= 11 is 0. The molecule has 0 unspecified atom stereocenters. The van der Waals surface area contributed by atoms with Gasteiger partial charge in [0.2, 0.25) is 5.91 Å². The van der Waals surface area contributed by atoms with Gasteiger partial charge in [-0.2, -0.15) is 5.10 Å². The fraction of sp³-hybridized carbons (Fsp3) is 0.688. The lowest BCUT2D eigenvalue weighted by molar-refractivity contribution is -0.139. The number of hydrogen-bond donors (Lipinski definition) is 1. The minimum Gasteiger partial charge on any atom is -0.350 e. The van der Waals surface area contributed by atoms with Gasteiger partial charge in [-0.1, -0.05) is 6.42 Å². The summed E-state index contributed by atoms with van der Waals surface area (Å²) in [7, 11) is 3.73. The van der Waals surface area contributed by atoms with Crippen molar-refractivity contribution < 1.29 is 9.59 Å². The first-order valence-corrected chi connectivity index (χ1v) is 7.97. The van der Waals surface area contributed by atoms with E-state index in [0.717, 1.165) is 31.4 Å². The number of piperidine rings is 1. The van der Waals surface area contributed by atoms with E-state index in [0.29, 0.717) is 18.7 Å². The minimum atomic E-state index is -0.122. The van der Waals surface area contributed by atoms with Crippen LogP contribution in [0.25, 0.3) is 0 Å². The predicted molar refractivity (Wildman–Crippen MR) is 82.4 cm³/mol. The highest BCUT2D eigenvalue weighted by Gasteiger charge is 2.49. The van der Waals surface area contributed by atoms with Crippen molar-refractivity contribution in [1.29, 1.82) is 0 Å². The van der Waals surface area contributed by atoms with Gasteiger partial charge in [-0.05, 0) is 32.3 Å². The van der Waals surface area contributed by atoms with Gasteiger partial charge in [0.1, 0.15) is 5.69 Å². The fourth-order valence-electron chi connectivity index (χ4n) is 4.04. The molecule has 1 N–H and O–H groups in total. The predicted octanol–water partition coefficient (Wildman–Crippen LogP) is 1.25. The molecule has 2 fully saturated rings. The molecule has 0 spiro atoms. The van der Waals surface area contributed by atoms with Gasteiger partial charge in [0.25, 0.3) is 5.91 Å². The van der Waals surface area contributed by atoms with Crippen molar-refractivity contribution in [2.75, 3.05) is 13.6 Å². The molecule has 0 aromatic carbocycles. The van der Waals surface area contributed by atoms with Gasteiger partial charge >= 0.3 is 0 Å². The lowest BCUT2D eigenvalue weighted by atomic mass is 9.74. The number of nitrogens with zero attached hydrogens (tertiary/aromatic N) is 3. The third-order valence-electron chi connectivity index (χ3n) is 5.50. The van der Waals surface area contributed by atoms with E-state index in [2.05, 4.69) is 10.4 Å². The number of amides is 2. The number of fused-ring (bicyclic) bond motifs is 1. The maximum Gasteiger partial charge on any atom is 0.271 e. The Morgan fingerprint density at radius 2 is 2.23 bits per heavy atom. The van der Waals surface area contributed by atoms with Gasteiger partial charge in [0, 0.05) is 44.2 Å². The van der Waals surface area contributed by atoms with E-state index in [-0.39, 0.29) is 23.3 Å². The summed E-state index contributed by atoms with van der Waals surface area (Å²) in [6.07, 6.45) is 4.71. The van der Waals surface area contributed by atoms with Crippen molar-refractivity contribution in [3.8, 4) is 0 Å². The fourth-order valence-corrected chi connectivity index (χ4v) is 4.04. The average molecular weight is 304 g/mol. The van der Waals surface area contributed by atoms with Crippen molar-refractivity contribution in [2.45, 2.75) is 45.1 Å². The molecule has 0 radical (unpaired) electrons. The first-order valence-electron chi connectivity index (χ1n) is 7.97. The molecule has 120 valence electrons. The largest absolute Gasteiger partial charge is 0.350 e. The van der Waals surface area contributed by atoms with Crippen LogP contribution in [0.3, 0.4) is 0 Å². The zero-order valence-electron chi connectivity index (χ0n) is 13.6. The summed E-state index contributed by atoms with van der Waals surface area (Å²) in [5.74, 6) is 0.109. The molecule has 1 aliphatic carbocycles. The van der Waals surface area contributed by atoms with Gasteiger partial charge in [0.15, 0.2) is 0 Å². The van der Waals surface area contributed by atoms with Gasteiger partial charge in [-0.25, -0.2) is 0 Å². The van der Waals surface area contributed by atoms with Gasteiger partial charge in [-0.15, -0.1) is 0 Å². The zero-order chi connectivity index (χ0) is 15.9. The van der Waals surface area contributed by atoms with E-state index >= 15 is 0 Å². The topological polar surface area (TPSA) is 67.2 Å². The smallest absolute Gasteiger partial charge is 0.271 e. The SMILES string of the molecule is Cc1cc(C(=O)NC[C@@]23CCC[C@H]2N(C)C(=O)CC3)nn1C. The van der Waals surface area contributed by atoms with Crippen LogP contribution in [0.1, 0.15) is 48.3 Å². The molecule has 1 aromatic heterocycles. The van der Waals surface area contributed by atoms with Crippen molar-refractivity contribution in [2.24, 2.45) is 12.5 Å². The molecule has 6 nitrogen and oxygen atoms in total. The van der Waals surface area contributed by atoms with Crippen LogP contribution >= 0.6 is 0 Å². The van der Waals surface area contributed by atoms with Gasteiger partial charge in [0.05, 0.1) is 0 Å². The Morgan fingerprint density at radius 1 is 1.45 bits per heavy atom. The second-order valence-corrected chi connectivity index (χ2v) is 6.75. The Labute approximate surface area is 130 Å². The summed E-state index contributed by atoms with van der Waals surface area (Å²) < 4.78 is 1.71. The molecule has 6 heteroatoms. The third-order valence-corrected chi connectivity index (χ3v) is 5.50. The van der Waals surface area contributed by atoms with Crippen LogP contribution in [0.4, 0.5) is 0 Å². The van der Waals surface area contributed by atoms with Crippen molar-refractivity contribution in [1.82, 2.24) is 20.0 Å². The van der Waals surface area contributed by atoms with Crippen molar-refractivity contribution in [3.63, 3.8) is 0 Å². The number of carbonyl (C=O) groups is 2. The van der Waals surface area contributed by atoms with Crippen molar-refractivity contribution in [3.05, 3.63) is 17.5 Å². The van der Waals surface area contributed by atoms with Crippen LogP contribution in [0.15, 0.2) is 6.07 Å². The molecule has 3 rings (SSSR count). The minimum absolute atomic E-state index is 0.0438. The second-order valence-electron chi connectivity index (χ2n) is 6.75. The lowest BCUT2D eigenvalue weighted by Gasteiger charge is -2.44. The molecule has 2 aliphatic rings. The number of rotatable bonds is 3. The van der Waals surface area contributed by atoms with E-state index in [1.165, 1.54) is 0 Å². The monoisotopic (exact) mass is 304 g/mol. The Kier molecular flexibility index (Phi) is 3.70. The van der Waals surface area contributed by atoms with E-state index < -0.39 is 0 Å². The van der Waals surface area contributed by atoms with Crippen LogP contribution in [-0.2, 0) is 11.8 Å². The first-order chi connectivity index (χ1) is 10.4. The third kappa shape index (κ3) is 2.40. The van der Waals surface area contributed by atoms with Crippen LogP contribution in [0.5, 0.6) is 0 Å². The summed E-state index contributed by atoms with van der Waals surface area (Å²) in [6, 6.07) is 2.06. The number of nitrogens with one attached hydrogen (secondary N) is 1. The van der Waals surface area contributed by atoms with E-state index in [1.54, 1.807) is 10.7 Å². The summed E-state index contributed by atoms with van der Waals surface area (Å²) in [5, 5.41) is 7.28. The molecule has 2 heterocycles. The van der Waals surface area contributed by atoms with Crippen LogP contribution in [0, 0.1) is 12.3 Å². The molecule has 1 saturated heterocycles. The molecule has 2 amide bonds. The Bertz CT molecular complexity index is 590. The highest BCUT2D eigenvalue weighted by molar-refractivity contribution is 5.92.